The van der Waals surface area contributed by atoms with Crippen molar-refractivity contribution in [3.63, 3.8) is 0 Å². The minimum atomic E-state index is -0.200. The second-order valence-corrected chi connectivity index (χ2v) is 3.51. The molecule has 0 bridgehead atoms. The van der Waals surface area contributed by atoms with Gasteiger partial charge in [0.05, 0.1) is 0 Å². The Hall–Kier alpha value is -1.15. The fourth-order valence-electron chi connectivity index (χ4n) is 1.40. The SMILES string of the molecule is C=C(CCCN)c1cc(C)cc(F)c1. The molecule has 2 N–H and O–H groups in total. The van der Waals surface area contributed by atoms with Crippen molar-refractivity contribution < 1.29 is 4.39 Å². The Bertz CT molecular complexity index is 311. The molecule has 1 aromatic rings. The van der Waals surface area contributed by atoms with Crippen molar-refractivity contribution in [1.29, 1.82) is 0 Å². The summed E-state index contributed by atoms with van der Waals surface area (Å²) < 4.78 is 13.0. The van der Waals surface area contributed by atoms with E-state index in [-0.39, 0.29) is 5.82 Å². The number of aryl methyl sites for hydroxylation is 1. The van der Waals surface area contributed by atoms with E-state index in [2.05, 4.69) is 6.58 Å². The lowest BCUT2D eigenvalue weighted by atomic mass is 10.0. The maximum atomic E-state index is 13.0. The van der Waals surface area contributed by atoms with Crippen molar-refractivity contribution in [2.24, 2.45) is 5.73 Å². The average molecular weight is 193 g/mol. The molecule has 0 aliphatic carbocycles. The molecule has 0 radical (unpaired) electrons. The molecule has 0 heterocycles. The van der Waals surface area contributed by atoms with Gasteiger partial charge < -0.3 is 5.73 Å². The fourth-order valence-corrected chi connectivity index (χ4v) is 1.40. The highest BCUT2D eigenvalue weighted by molar-refractivity contribution is 5.63. The van der Waals surface area contributed by atoms with Gasteiger partial charge in [-0.3, -0.25) is 0 Å². The molecule has 0 spiro atoms. The van der Waals surface area contributed by atoms with Crippen LogP contribution in [0.3, 0.4) is 0 Å². The Morgan fingerprint density at radius 1 is 1.43 bits per heavy atom. The molecule has 0 saturated heterocycles. The summed E-state index contributed by atoms with van der Waals surface area (Å²) in [6.07, 6.45) is 1.73. The minimum Gasteiger partial charge on any atom is -0.330 e. The summed E-state index contributed by atoms with van der Waals surface area (Å²) in [5.41, 5.74) is 8.17. The molecule has 0 aliphatic heterocycles. The lowest BCUT2D eigenvalue weighted by Gasteiger charge is -2.06. The summed E-state index contributed by atoms with van der Waals surface area (Å²) >= 11 is 0. The third-order valence-corrected chi connectivity index (χ3v) is 2.13. The molecule has 0 saturated carbocycles. The monoisotopic (exact) mass is 193 g/mol. The summed E-state index contributed by atoms with van der Waals surface area (Å²) in [6, 6.07) is 4.98. The number of benzene rings is 1. The normalized spacial score (nSPS) is 10.2. The van der Waals surface area contributed by atoms with E-state index in [1.165, 1.54) is 12.1 Å². The highest BCUT2D eigenvalue weighted by Gasteiger charge is 2.01. The Morgan fingerprint density at radius 3 is 2.71 bits per heavy atom. The predicted molar refractivity (Wildman–Crippen MR) is 58.5 cm³/mol. The summed E-state index contributed by atoms with van der Waals surface area (Å²) in [6.45, 7) is 6.45. The molecule has 1 rings (SSSR count). The number of hydrogen-bond acceptors (Lipinski definition) is 1. The molecule has 76 valence electrons. The van der Waals surface area contributed by atoms with Gasteiger partial charge in [-0.25, -0.2) is 4.39 Å². The third-order valence-electron chi connectivity index (χ3n) is 2.13. The fraction of sp³-hybridized carbons (Fsp3) is 0.333. The van der Waals surface area contributed by atoms with Crippen molar-refractivity contribution in [3.05, 3.63) is 41.7 Å². The highest BCUT2D eigenvalue weighted by Crippen LogP contribution is 2.19. The van der Waals surface area contributed by atoms with Crippen LogP contribution in [0.4, 0.5) is 4.39 Å². The Kier molecular flexibility index (Phi) is 3.84. The lowest BCUT2D eigenvalue weighted by Crippen LogP contribution is -1.98. The minimum absolute atomic E-state index is 0.200. The van der Waals surface area contributed by atoms with E-state index in [4.69, 9.17) is 5.73 Å². The summed E-state index contributed by atoms with van der Waals surface area (Å²) in [5.74, 6) is -0.200. The van der Waals surface area contributed by atoms with Gasteiger partial charge in [0.15, 0.2) is 0 Å². The van der Waals surface area contributed by atoms with E-state index < -0.39 is 0 Å². The number of rotatable bonds is 4. The molecule has 0 unspecified atom stereocenters. The van der Waals surface area contributed by atoms with Crippen molar-refractivity contribution >= 4 is 5.57 Å². The van der Waals surface area contributed by atoms with Gasteiger partial charge in [-0.2, -0.15) is 0 Å². The van der Waals surface area contributed by atoms with Crippen molar-refractivity contribution in [1.82, 2.24) is 0 Å². The molecule has 0 amide bonds. The van der Waals surface area contributed by atoms with Crippen LogP contribution in [0.1, 0.15) is 24.0 Å². The topological polar surface area (TPSA) is 26.0 Å². The van der Waals surface area contributed by atoms with Gasteiger partial charge in [-0.1, -0.05) is 12.6 Å². The van der Waals surface area contributed by atoms with Crippen LogP contribution in [0.5, 0.6) is 0 Å². The summed E-state index contributed by atoms with van der Waals surface area (Å²) in [5, 5.41) is 0. The van der Waals surface area contributed by atoms with Crippen molar-refractivity contribution in [2.45, 2.75) is 19.8 Å². The van der Waals surface area contributed by atoms with Gasteiger partial charge in [0.25, 0.3) is 0 Å². The molecule has 0 aromatic heterocycles. The first-order chi connectivity index (χ1) is 6.63. The molecular formula is C12H16FN. The molecule has 0 aliphatic rings. The van der Waals surface area contributed by atoms with Crippen LogP contribution in [0.15, 0.2) is 24.8 Å². The first-order valence-corrected chi connectivity index (χ1v) is 4.79. The van der Waals surface area contributed by atoms with Crippen LogP contribution in [0.2, 0.25) is 0 Å². The maximum Gasteiger partial charge on any atom is 0.124 e. The van der Waals surface area contributed by atoms with Crippen LogP contribution in [-0.4, -0.2) is 6.54 Å². The van der Waals surface area contributed by atoms with Crippen LogP contribution in [0.25, 0.3) is 5.57 Å². The number of allylic oxidation sites excluding steroid dienone is 1. The van der Waals surface area contributed by atoms with E-state index in [1.807, 2.05) is 13.0 Å². The zero-order valence-corrected chi connectivity index (χ0v) is 8.52. The average Bonchev–Trinajstić information content (AvgIpc) is 2.12. The summed E-state index contributed by atoms with van der Waals surface area (Å²) in [4.78, 5) is 0. The van der Waals surface area contributed by atoms with Gasteiger partial charge in [-0.05, 0) is 55.1 Å². The van der Waals surface area contributed by atoms with Crippen LogP contribution in [-0.2, 0) is 0 Å². The van der Waals surface area contributed by atoms with Gasteiger partial charge in [0.1, 0.15) is 5.82 Å². The molecule has 0 atom stereocenters. The molecule has 1 aromatic carbocycles. The number of hydrogen-bond donors (Lipinski definition) is 1. The third kappa shape index (κ3) is 2.96. The second-order valence-electron chi connectivity index (χ2n) is 3.51. The number of halogens is 1. The van der Waals surface area contributed by atoms with E-state index in [9.17, 15) is 4.39 Å². The Morgan fingerprint density at radius 2 is 2.14 bits per heavy atom. The molecule has 0 fully saturated rings. The van der Waals surface area contributed by atoms with Gasteiger partial charge in [-0.15, -0.1) is 0 Å². The zero-order chi connectivity index (χ0) is 10.6. The zero-order valence-electron chi connectivity index (χ0n) is 8.52. The van der Waals surface area contributed by atoms with Crippen LogP contribution < -0.4 is 5.73 Å². The van der Waals surface area contributed by atoms with Gasteiger partial charge in [0, 0.05) is 0 Å². The first kappa shape index (κ1) is 10.9. The van der Waals surface area contributed by atoms with E-state index in [0.29, 0.717) is 6.54 Å². The van der Waals surface area contributed by atoms with Crippen LogP contribution >= 0.6 is 0 Å². The van der Waals surface area contributed by atoms with Crippen molar-refractivity contribution in [2.75, 3.05) is 6.54 Å². The Balaban J connectivity index is 2.79. The molecule has 1 nitrogen and oxygen atoms in total. The van der Waals surface area contributed by atoms with Crippen molar-refractivity contribution in [3.8, 4) is 0 Å². The smallest absolute Gasteiger partial charge is 0.124 e. The standard InChI is InChI=1S/C12H16FN/c1-9-6-11(8-12(13)7-9)10(2)4-3-5-14/h6-8H,2-5,14H2,1H3. The largest absolute Gasteiger partial charge is 0.330 e. The molecular weight excluding hydrogens is 177 g/mol. The van der Waals surface area contributed by atoms with E-state index in [1.54, 1.807) is 0 Å². The number of nitrogens with two attached hydrogens (primary N) is 1. The lowest BCUT2D eigenvalue weighted by molar-refractivity contribution is 0.626. The van der Waals surface area contributed by atoms with E-state index >= 15 is 0 Å². The van der Waals surface area contributed by atoms with Gasteiger partial charge >= 0.3 is 0 Å². The molecule has 14 heavy (non-hydrogen) atoms. The first-order valence-electron chi connectivity index (χ1n) is 4.79. The Labute approximate surface area is 84.4 Å². The van der Waals surface area contributed by atoms with E-state index in [0.717, 1.165) is 29.5 Å². The second kappa shape index (κ2) is 4.91. The quantitative estimate of drug-likeness (QED) is 0.781. The van der Waals surface area contributed by atoms with Gasteiger partial charge in [0.2, 0.25) is 0 Å². The predicted octanol–water partition coefficient (Wildman–Crippen LogP) is 2.89. The molecule has 2 heteroatoms. The summed E-state index contributed by atoms with van der Waals surface area (Å²) in [7, 11) is 0. The van der Waals surface area contributed by atoms with Crippen LogP contribution in [0, 0.1) is 12.7 Å². The highest BCUT2D eigenvalue weighted by atomic mass is 19.1. The maximum absolute atomic E-state index is 13.0.